The minimum atomic E-state index is -2.97. The molecule has 30 heavy (non-hydrogen) atoms. The van der Waals surface area contributed by atoms with Crippen LogP contribution in [-0.2, 0) is 6.42 Å². The van der Waals surface area contributed by atoms with Gasteiger partial charge >= 0.3 is 6.61 Å². The molecule has 0 heterocycles. The van der Waals surface area contributed by atoms with Crippen molar-refractivity contribution in [3.05, 3.63) is 77.4 Å². The van der Waals surface area contributed by atoms with Gasteiger partial charge in [0, 0.05) is 5.56 Å². The van der Waals surface area contributed by atoms with Gasteiger partial charge < -0.3 is 4.74 Å². The highest BCUT2D eigenvalue weighted by molar-refractivity contribution is 5.89. The van der Waals surface area contributed by atoms with Gasteiger partial charge in [-0.2, -0.15) is 8.78 Å². The van der Waals surface area contributed by atoms with Gasteiger partial charge in [-0.1, -0.05) is 49.7 Å². The summed E-state index contributed by atoms with van der Waals surface area (Å²) in [7, 11) is 0. The third kappa shape index (κ3) is 4.70. The maximum Gasteiger partial charge on any atom is 0.387 e. The van der Waals surface area contributed by atoms with E-state index in [1.807, 2.05) is 12.1 Å². The van der Waals surface area contributed by atoms with Crippen LogP contribution in [0.4, 0.5) is 17.6 Å². The van der Waals surface area contributed by atoms with Crippen LogP contribution in [-0.4, -0.2) is 12.9 Å². The molecule has 0 atom stereocenters. The first-order chi connectivity index (χ1) is 14.4. The lowest BCUT2D eigenvalue weighted by Crippen LogP contribution is -2.02. The molecule has 0 aliphatic rings. The van der Waals surface area contributed by atoms with E-state index in [1.165, 1.54) is 24.3 Å². The summed E-state index contributed by atoms with van der Waals surface area (Å²) in [5.74, 6) is -2.02. The molecule has 3 aromatic carbocycles. The molecule has 6 heteroatoms. The van der Waals surface area contributed by atoms with E-state index in [4.69, 9.17) is 0 Å². The fourth-order valence-corrected chi connectivity index (χ4v) is 3.29. The summed E-state index contributed by atoms with van der Waals surface area (Å²) in [6, 6.07) is 13.7. The Bertz CT molecular complexity index is 1010. The van der Waals surface area contributed by atoms with Crippen LogP contribution >= 0.6 is 0 Å². The van der Waals surface area contributed by atoms with Crippen LogP contribution in [0, 0.1) is 11.6 Å². The molecule has 0 bridgehead atoms. The van der Waals surface area contributed by atoms with E-state index in [-0.39, 0.29) is 23.2 Å². The lowest BCUT2D eigenvalue weighted by atomic mass is 9.91. The minimum absolute atomic E-state index is 0.0685. The van der Waals surface area contributed by atoms with E-state index in [1.54, 1.807) is 12.1 Å². The van der Waals surface area contributed by atoms with Crippen molar-refractivity contribution in [2.75, 3.05) is 0 Å². The Morgan fingerprint density at radius 3 is 2.17 bits per heavy atom. The van der Waals surface area contributed by atoms with Gasteiger partial charge in [-0.3, -0.25) is 4.79 Å². The van der Waals surface area contributed by atoms with Crippen molar-refractivity contribution in [1.82, 2.24) is 0 Å². The molecule has 0 N–H and O–H groups in total. The van der Waals surface area contributed by atoms with Gasteiger partial charge in [-0.05, 0) is 53.3 Å². The summed E-state index contributed by atoms with van der Waals surface area (Å²) < 4.78 is 58.5. The first kappa shape index (κ1) is 21.6. The molecule has 156 valence electrons. The SMILES string of the molecule is CCCCc1ccc(-c2c(-c3ccc(OC(F)F)cc3)cc(F)c(C=O)c2F)cc1. The first-order valence-corrected chi connectivity index (χ1v) is 9.56. The molecule has 0 radical (unpaired) electrons. The Labute approximate surface area is 172 Å². The highest BCUT2D eigenvalue weighted by atomic mass is 19.3. The Hall–Kier alpha value is -3.15. The zero-order chi connectivity index (χ0) is 21.7. The molecule has 0 saturated carbocycles. The standard InChI is InChI=1S/C24H20F4O2/c1-2-3-4-15-5-7-17(8-6-15)22-19(13-21(25)20(14-29)23(22)26)16-9-11-18(12-10-16)30-24(27)28/h5-14,24H,2-4H2,1H3. The van der Waals surface area contributed by atoms with Gasteiger partial charge in [-0.25, -0.2) is 8.78 Å². The topological polar surface area (TPSA) is 26.3 Å². The number of unbranched alkanes of at least 4 members (excludes halogenated alkanes) is 1. The van der Waals surface area contributed by atoms with Crippen molar-refractivity contribution in [2.24, 2.45) is 0 Å². The molecule has 0 aliphatic heterocycles. The molecule has 0 saturated heterocycles. The second-order valence-corrected chi connectivity index (χ2v) is 6.83. The third-order valence-electron chi connectivity index (χ3n) is 4.82. The van der Waals surface area contributed by atoms with Crippen LogP contribution in [0.3, 0.4) is 0 Å². The van der Waals surface area contributed by atoms with Crippen molar-refractivity contribution < 1.29 is 27.1 Å². The quantitative estimate of drug-likeness (QED) is 0.290. The number of alkyl halides is 2. The smallest absolute Gasteiger partial charge is 0.387 e. The summed E-state index contributed by atoms with van der Waals surface area (Å²) in [5.41, 5.74) is 1.61. The summed E-state index contributed by atoms with van der Waals surface area (Å²) in [4.78, 5) is 11.2. The summed E-state index contributed by atoms with van der Waals surface area (Å²) in [6.45, 7) is -0.882. The van der Waals surface area contributed by atoms with Crippen LogP contribution in [0.5, 0.6) is 5.75 Å². The number of rotatable bonds is 8. The minimum Gasteiger partial charge on any atom is -0.435 e. The van der Waals surface area contributed by atoms with Gasteiger partial charge in [0.1, 0.15) is 17.4 Å². The summed E-state index contributed by atoms with van der Waals surface area (Å²) >= 11 is 0. The van der Waals surface area contributed by atoms with E-state index < -0.39 is 23.8 Å². The monoisotopic (exact) mass is 416 g/mol. The second kappa shape index (κ2) is 9.57. The number of carbonyl (C=O) groups excluding carboxylic acids is 1. The number of halogens is 4. The lowest BCUT2D eigenvalue weighted by molar-refractivity contribution is -0.0498. The number of aryl methyl sites for hydroxylation is 1. The Morgan fingerprint density at radius 1 is 0.967 bits per heavy atom. The van der Waals surface area contributed by atoms with Crippen molar-refractivity contribution in [1.29, 1.82) is 0 Å². The molecule has 0 unspecified atom stereocenters. The van der Waals surface area contributed by atoms with Crippen LogP contribution in [0.2, 0.25) is 0 Å². The maximum atomic E-state index is 15.1. The van der Waals surface area contributed by atoms with E-state index in [2.05, 4.69) is 11.7 Å². The molecule has 3 rings (SSSR count). The van der Waals surface area contributed by atoms with Crippen molar-refractivity contribution in [3.63, 3.8) is 0 Å². The molecule has 0 amide bonds. The van der Waals surface area contributed by atoms with E-state index in [9.17, 15) is 18.0 Å². The second-order valence-electron chi connectivity index (χ2n) is 6.83. The molecular weight excluding hydrogens is 396 g/mol. The zero-order valence-corrected chi connectivity index (χ0v) is 16.3. The van der Waals surface area contributed by atoms with E-state index in [0.717, 1.165) is 30.9 Å². The zero-order valence-electron chi connectivity index (χ0n) is 16.3. The molecule has 0 fully saturated rings. The Balaban J connectivity index is 2.10. The molecule has 0 spiro atoms. The van der Waals surface area contributed by atoms with Gasteiger partial charge in [0.25, 0.3) is 0 Å². The van der Waals surface area contributed by atoms with Crippen LogP contribution in [0.25, 0.3) is 22.3 Å². The average molecular weight is 416 g/mol. The lowest BCUT2D eigenvalue weighted by Gasteiger charge is -2.15. The van der Waals surface area contributed by atoms with Gasteiger partial charge in [0.15, 0.2) is 6.29 Å². The number of ether oxygens (including phenoxy) is 1. The maximum absolute atomic E-state index is 15.1. The fourth-order valence-electron chi connectivity index (χ4n) is 3.29. The predicted molar refractivity (Wildman–Crippen MR) is 108 cm³/mol. The highest BCUT2D eigenvalue weighted by Crippen LogP contribution is 2.37. The van der Waals surface area contributed by atoms with E-state index >= 15 is 4.39 Å². The normalized spacial score (nSPS) is 11.0. The van der Waals surface area contributed by atoms with Gasteiger partial charge in [-0.15, -0.1) is 0 Å². The Kier molecular flexibility index (Phi) is 6.87. The fraction of sp³-hybridized carbons (Fsp3) is 0.208. The molecule has 0 aliphatic carbocycles. The van der Waals surface area contributed by atoms with Crippen LogP contribution in [0.15, 0.2) is 54.6 Å². The number of hydrogen-bond donors (Lipinski definition) is 0. The number of benzene rings is 3. The van der Waals surface area contributed by atoms with Crippen LogP contribution < -0.4 is 4.74 Å². The number of aldehydes is 1. The molecule has 0 aromatic heterocycles. The van der Waals surface area contributed by atoms with E-state index in [0.29, 0.717) is 11.1 Å². The highest BCUT2D eigenvalue weighted by Gasteiger charge is 2.21. The largest absolute Gasteiger partial charge is 0.435 e. The predicted octanol–water partition coefficient (Wildman–Crippen LogP) is 7.06. The Morgan fingerprint density at radius 2 is 1.60 bits per heavy atom. The van der Waals surface area contributed by atoms with Crippen molar-refractivity contribution >= 4 is 6.29 Å². The third-order valence-corrected chi connectivity index (χ3v) is 4.82. The summed E-state index contributed by atoms with van der Waals surface area (Å²) in [5, 5.41) is 0. The molecule has 2 nitrogen and oxygen atoms in total. The van der Waals surface area contributed by atoms with Gasteiger partial charge in [0.05, 0.1) is 5.56 Å². The number of hydrogen-bond acceptors (Lipinski definition) is 2. The van der Waals surface area contributed by atoms with Crippen molar-refractivity contribution in [2.45, 2.75) is 32.8 Å². The summed E-state index contributed by atoms with van der Waals surface area (Å²) in [6.07, 6.45) is 3.11. The van der Waals surface area contributed by atoms with Crippen LogP contribution in [0.1, 0.15) is 35.7 Å². The van der Waals surface area contributed by atoms with Crippen molar-refractivity contribution in [3.8, 4) is 28.0 Å². The molecular formula is C24H20F4O2. The first-order valence-electron chi connectivity index (χ1n) is 9.56. The number of carbonyl (C=O) groups is 1. The molecule has 3 aromatic rings. The van der Waals surface area contributed by atoms with Gasteiger partial charge in [0.2, 0.25) is 0 Å². The average Bonchev–Trinajstić information content (AvgIpc) is 2.73.